The van der Waals surface area contributed by atoms with E-state index in [1.54, 1.807) is 0 Å². The van der Waals surface area contributed by atoms with Crippen LogP contribution in [-0.4, -0.2) is 72.9 Å². The van der Waals surface area contributed by atoms with Crippen molar-refractivity contribution in [3.8, 4) is 0 Å². The predicted molar refractivity (Wildman–Crippen MR) is 133 cm³/mol. The van der Waals surface area contributed by atoms with Crippen LogP contribution in [0.1, 0.15) is 49.9 Å². The van der Waals surface area contributed by atoms with Gasteiger partial charge in [0, 0.05) is 31.4 Å². The quantitative estimate of drug-likeness (QED) is 0.407. The van der Waals surface area contributed by atoms with Crippen molar-refractivity contribution in [2.75, 3.05) is 20.6 Å². The molecule has 1 fully saturated rings. The van der Waals surface area contributed by atoms with Crippen LogP contribution < -0.4 is 5.32 Å². The monoisotopic (exact) mass is 542 g/mol. The van der Waals surface area contributed by atoms with Crippen LogP contribution in [0.25, 0.3) is 0 Å². The van der Waals surface area contributed by atoms with E-state index in [1.807, 2.05) is 13.8 Å². The molecule has 1 aromatic rings. The van der Waals surface area contributed by atoms with E-state index in [1.165, 1.54) is 37.2 Å². The Hall–Kier alpha value is -2.63. The van der Waals surface area contributed by atoms with Crippen LogP contribution in [0, 0.1) is 5.92 Å². The van der Waals surface area contributed by atoms with Crippen molar-refractivity contribution in [3.63, 3.8) is 0 Å². The van der Waals surface area contributed by atoms with E-state index in [0.29, 0.717) is 11.4 Å². The molecule has 1 heterocycles. The molecule has 13 heteroatoms. The van der Waals surface area contributed by atoms with Gasteiger partial charge in [-0.3, -0.25) is 19.2 Å². The zero-order valence-corrected chi connectivity index (χ0v) is 22.0. The molecule has 1 saturated heterocycles. The molecule has 2 N–H and O–H groups in total. The Balaban J connectivity index is 2.16. The van der Waals surface area contributed by atoms with E-state index >= 15 is 0 Å². The van der Waals surface area contributed by atoms with Gasteiger partial charge < -0.3 is 24.6 Å². The molecule has 0 bridgehead atoms. The third-order valence-corrected chi connectivity index (χ3v) is 6.18. The van der Waals surface area contributed by atoms with Crippen LogP contribution in [-0.2, 0) is 28.5 Å². The molecule has 2 atom stereocenters. The Morgan fingerprint density at radius 2 is 1.89 bits per heavy atom. The maximum Gasteiger partial charge on any atom is 0.531 e. The fourth-order valence-electron chi connectivity index (χ4n) is 3.80. The molecule has 2 amide bonds. The molecular weight excluding hydrogens is 514 g/mol. The van der Waals surface area contributed by atoms with E-state index in [0.717, 1.165) is 0 Å². The number of carboxylic acid groups (broad SMARTS) is 1. The van der Waals surface area contributed by atoms with Crippen LogP contribution in [0.15, 0.2) is 18.2 Å². The number of hydrogen-bond donors (Lipinski definition) is 2. The lowest BCUT2D eigenvalue weighted by molar-refractivity contribution is -0.173. The van der Waals surface area contributed by atoms with Gasteiger partial charge in [0.25, 0.3) is 11.9 Å². The second-order valence-electron chi connectivity index (χ2n) is 9.36. The molecule has 196 valence electrons. The van der Waals surface area contributed by atoms with Gasteiger partial charge in [-0.1, -0.05) is 37.0 Å². The number of ketones is 1. The van der Waals surface area contributed by atoms with E-state index in [4.69, 9.17) is 32.5 Å². The van der Waals surface area contributed by atoms with Crippen molar-refractivity contribution >= 4 is 59.9 Å². The normalized spacial score (nSPS) is 18.4. The standard InChI is InChI=1S/C23H29BCl2N2O8/c1-13(2)7-14(8-16(29)12-27-21(32)17-9-15(25)5-6-18(17)26)24-35-20(31)11-23(36-24,22(33)34)10-19(30)28(3)4/h5-6,9,13-14H,7-8,10-12H2,1-4H3,(H,27,32)(H,33,34)/t14-,23-/m1/s1. The molecule has 2 rings (SSSR count). The average Bonchev–Trinajstić information content (AvgIpc) is 2.77. The molecule has 1 aliphatic rings. The molecular formula is C23H29BCl2N2O8. The zero-order valence-electron chi connectivity index (χ0n) is 20.5. The predicted octanol–water partition coefficient (Wildman–Crippen LogP) is 2.85. The molecule has 0 spiro atoms. The highest BCUT2D eigenvalue weighted by Gasteiger charge is 2.54. The van der Waals surface area contributed by atoms with Crippen molar-refractivity contribution in [1.82, 2.24) is 10.2 Å². The number of carboxylic acids is 1. The second-order valence-corrected chi connectivity index (χ2v) is 10.2. The summed E-state index contributed by atoms with van der Waals surface area (Å²) in [5.74, 6) is -4.52. The fraction of sp³-hybridized carbons (Fsp3) is 0.522. The molecule has 0 aliphatic carbocycles. The minimum atomic E-state index is -2.11. The van der Waals surface area contributed by atoms with Gasteiger partial charge in [0.1, 0.15) is 0 Å². The van der Waals surface area contributed by atoms with E-state index in [2.05, 4.69) is 5.32 Å². The smallest absolute Gasteiger partial charge is 0.509 e. The zero-order chi connectivity index (χ0) is 27.2. The number of aliphatic carboxylic acids is 1. The van der Waals surface area contributed by atoms with Crippen molar-refractivity contribution in [3.05, 3.63) is 33.8 Å². The largest absolute Gasteiger partial charge is 0.531 e. The minimum Gasteiger partial charge on any atom is -0.509 e. The van der Waals surface area contributed by atoms with Gasteiger partial charge >= 0.3 is 13.1 Å². The highest BCUT2D eigenvalue weighted by atomic mass is 35.5. The number of Topliss-reactive ketones (excluding diaryl/α,β-unsaturated/α-hetero) is 1. The SMILES string of the molecule is CC(C)C[C@H](CC(=O)CNC(=O)c1cc(Cl)ccc1Cl)B1OC(=O)C[C@](CC(=O)N(C)C)(C(=O)O)O1. The van der Waals surface area contributed by atoms with Crippen molar-refractivity contribution in [2.24, 2.45) is 5.92 Å². The summed E-state index contributed by atoms with van der Waals surface area (Å²) in [6.07, 6.45) is -1.02. The Kier molecular flexibility index (Phi) is 10.3. The number of carbonyl (C=O) groups excluding carboxylic acids is 4. The Labute approximate surface area is 219 Å². The third kappa shape index (κ3) is 7.94. The maximum absolute atomic E-state index is 12.8. The Bertz CT molecular complexity index is 1040. The summed E-state index contributed by atoms with van der Waals surface area (Å²) >= 11 is 11.9. The third-order valence-electron chi connectivity index (χ3n) is 5.61. The summed E-state index contributed by atoms with van der Waals surface area (Å²) in [5, 5.41) is 12.8. The summed E-state index contributed by atoms with van der Waals surface area (Å²) in [6, 6.07) is 4.36. The number of rotatable bonds is 11. The summed E-state index contributed by atoms with van der Waals surface area (Å²) in [4.78, 5) is 63.2. The van der Waals surface area contributed by atoms with Crippen LogP contribution >= 0.6 is 23.2 Å². The highest BCUT2D eigenvalue weighted by Crippen LogP contribution is 2.36. The first-order valence-corrected chi connectivity index (χ1v) is 12.1. The van der Waals surface area contributed by atoms with Gasteiger partial charge in [-0.2, -0.15) is 0 Å². The molecule has 36 heavy (non-hydrogen) atoms. The van der Waals surface area contributed by atoms with E-state index in [9.17, 15) is 29.1 Å². The van der Waals surface area contributed by atoms with E-state index < -0.39 is 60.9 Å². The minimum absolute atomic E-state index is 0.0366. The maximum atomic E-state index is 12.8. The summed E-state index contributed by atoms with van der Waals surface area (Å²) in [7, 11) is 1.56. The lowest BCUT2D eigenvalue weighted by Crippen LogP contribution is -2.56. The Morgan fingerprint density at radius 1 is 1.22 bits per heavy atom. The molecule has 0 saturated carbocycles. The molecule has 0 unspecified atom stereocenters. The number of nitrogens with one attached hydrogen (secondary N) is 1. The van der Waals surface area contributed by atoms with Gasteiger partial charge in [0.2, 0.25) is 5.91 Å². The fourth-order valence-corrected chi connectivity index (χ4v) is 4.17. The van der Waals surface area contributed by atoms with Crippen LogP contribution in [0.4, 0.5) is 0 Å². The first-order chi connectivity index (χ1) is 16.7. The summed E-state index contributed by atoms with van der Waals surface area (Å²) in [6.45, 7) is 3.41. The number of hydrogen-bond acceptors (Lipinski definition) is 7. The van der Waals surface area contributed by atoms with Crippen molar-refractivity contribution in [1.29, 1.82) is 0 Å². The lowest BCUT2D eigenvalue weighted by Gasteiger charge is -2.38. The van der Waals surface area contributed by atoms with Gasteiger partial charge in [-0.05, 0) is 30.5 Å². The molecule has 0 aromatic heterocycles. The summed E-state index contributed by atoms with van der Waals surface area (Å²) in [5.41, 5.74) is -2.01. The van der Waals surface area contributed by atoms with Crippen LogP contribution in [0.2, 0.25) is 15.9 Å². The number of carbonyl (C=O) groups is 5. The molecule has 10 nitrogen and oxygen atoms in total. The molecule has 1 aromatic carbocycles. The molecule has 1 aliphatic heterocycles. The first-order valence-electron chi connectivity index (χ1n) is 11.3. The second kappa shape index (κ2) is 12.6. The number of benzene rings is 1. The number of nitrogens with zero attached hydrogens (tertiary/aromatic N) is 1. The highest BCUT2D eigenvalue weighted by molar-refractivity contribution is 6.50. The topological polar surface area (TPSA) is 139 Å². The van der Waals surface area contributed by atoms with Gasteiger partial charge in [0.05, 0.1) is 30.0 Å². The molecule has 0 radical (unpaired) electrons. The number of halogens is 2. The van der Waals surface area contributed by atoms with E-state index in [-0.39, 0.29) is 29.5 Å². The first kappa shape index (κ1) is 29.6. The lowest BCUT2D eigenvalue weighted by atomic mass is 9.63. The van der Waals surface area contributed by atoms with Crippen molar-refractivity contribution in [2.45, 2.75) is 50.9 Å². The van der Waals surface area contributed by atoms with Gasteiger partial charge in [-0.15, -0.1) is 0 Å². The van der Waals surface area contributed by atoms with Gasteiger partial charge in [0.15, 0.2) is 11.4 Å². The van der Waals surface area contributed by atoms with Gasteiger partial charge in [-0.25, -0.2) is 4.79 Å². The Morgan fingerprint density at radius 3 is 2.47 bits per heavy atom. The average molecular weight is 543 g/mol. The van der Waals surface area contributed by atoms with Crippen LogP contribution in [0.5, 0.6) is 0 Å². The summed E-state index contributed by atoms with van der Waals surface area (Å²) < 4.78 is 11.1. The van der Waals surface area contributed by atoms with Crippen molar-refractivity contribution < 1.29 is 38.4 Å². The number of amides is 2. The van der Waals surface area contributed by atoms with Crippen LogP contribution in [0.3, 0.4) is 0 Å².